The van der Waals surface area contributed by atoms with Gasteiger partial charge < -0.3 is 4.57 Å². The molecule has 2 aromatic heterocycles. The third kappa shape index (κ3) is 3.71. The van der Waals surface area contributed by atoms with Gasteiger partial charge in [0, 0.05) is 27.6 Å². The second kappa shape index (κ2) is 7.85. The van der Waals surface area contributed by atoms with E-state index < -0.39 is 5.91 Å². The summed E-state index contributed by atoms with van der Waals surface area (Å²) in [5.74, 6) is -0.404. The Labute approximate surface area is 164 Å². The predicted octanol–water partition coefficient (Wildman–Crippen LogP) is 4.67. The van der Waals surface area contributed by atoms with Gasteiger partial charge in [0.05, 0.1) is 17.5 Å². The Hall–Kier alpha value is -2.44. The Bertz CT molecular complexity index is 997. The highest BCUT2D eigenvalue weighted by atomic mass is 79.9. The van der Waals surface area contributed by atoms with Crippen molar-refractivity contribution in [1.29, 1.82) is 0 Å². The van der Waals surface area contributed by atoms with Gasteiger partial charge in [-0.1, -0.05) is 23.7 Å². The molecule has 26 heavy (non-hydrogen) atoms. The van der Waals surface area contributed by atoms with Crippen molar-refractivity contribution in [1.82, 2.24) is 15.0 Å². The van der Waals surface area contributed by atoms with Crippen LogP contribution in [0.3, 0.4) is 0 Å². The van der Waals surface area contributed by atoms with Crippen LogP contribution in [0.1, 0.15) is 27.3 Å². The highest BCUT2D eigenvalue weighted by Crippen LogP contribution is 2.26. The molecule has 1 amide bonds. The number of rotatable bonds is 4. The standard InChI is InChI=1S/C19H16BrClN4O/c1-12-10-14(13(2)25(12)17-8-4-3-7-16(17)20)11-23-24-19(26)15-6-5-9-22-18(15)21/h3-11H,1-2H3,(H,24,26). The zero-order chi connectivity index (χ0) is 18.7. The van der Waals surface area contributed by atoms with Crippen LogP contribution in [0.2, 0.25) is 5.15 Å². The fourth-order valence-electron chi connectivity index (χ4n) is 2.70. The number of carbonyl (C=O) groups is 1. The van der Waals surface area contributed by atoms with Gasteiger partial charge in [0.25, 0.3) is 5.91 Å². The fourth-order valence-corrected chi connectivity index (χ4v) is 3.37. The monoisotopic (exact) mass is 430 g/mol. The Balaban J connectivity index is 1.82. The minimum absolute atomic E-state index is 0.146. The molecule has 5 nitrogen and oxygen atoms in total. The van der Waals surface area contributed by atoms with Gasteiger partial charge >= 0.3 is 0 Å². The van der Waals surface area contributed by atoms with E-state index in [4.69, 9.17) is 11.6 Å². The van der Waals surface area contributed by atoms with Gasteiger partial charge in [-0.3, -0.25) is 4.79 Å². The first-order valence-corrected chi connectivity index (χ1v) is 9.04. The molecule has 7 heteroatoms. The van der Waals surface area contributed by atoms with E-state index in [9.17, 15) is 4.79 Å². The van der Waals surface area contributed by atoms with Gasteiger partial charge in [0.15, 0.2) is 0 Å². The number of hydrazone groups is 1. The lowest BCUT2D eigenvalue weighted by Crippen LogP contribution is -2.18. The van der Waals surface area contributed by atoms with Gasteiger partial charge in [-0.2, -0.15) is 5.10 Å². The Morgan fingerprint density at radius 2 is 2.04 bits per heavy atom. The quantitative estimate of drug-likeness (QED) is 0.371. The summed E-state index contributed by atoms with van der Waals surface area (Å²) in [4.78, 5) is 16.0. The highest BCUT2D eigenvalue weighted by molar-refractivity contribution is 9.10. The van der Waals surface area contributed by atoms with E-state index >= 15 is 0 Å². The first-order chi connectivity index (χ1) is 12.5. The zero-order valence-corrected chi connectivity index (χ0v) is 16.5. The van der Waals surface area contributed by atoms with Crippen molar-refractivity contribution in [2.45, 2.75) is 13.8 Å². The summed E-state index contributed by atoms with van der Waals surface area (Å²) < 4.78 is 3.13. The summed E-state index contributed by atoms with van der Waals surface area (Å²) in [6, 6.07) is 13.3. The Morgan fingerprint density at radius 1 is 1.27 bits per heavy atom. The number of para-hydroxylation sites is 1. The Morgan fingerprint density at radius 3 is 2.77 bits per heavy atom. The Kier molecular flexibility index (Phi) is 5.54. The SMILES string of the molecule is Cc1cc(C=NNC(=O)c2cccnc2Cl)c(C)n1-c1ccccc1Br. The van der Waals surface area contributed by atoms with Gasteiger partial charge in [0.2, 0.25) is 0 Å². The number of pyridine rings is 1. The van der Waals surface area contributed by atoms with Crippen molar-refractivity contribution in [3.05, 3.63) is 80.8 Å². The maximum atomic E-state index is 12.1. The van der Waals surface area contributed by atoms with Crippen molar-refractivity contribution in [3.8, 4) is 5.69 Å². The van der Waals surface area contributed by atoms with E-state index in [1.165, 1.54) is 6.20 Å². The molecule has 0 bridgehead atoms. The van der Waals surface area contributed by atoms with Crippen molar-refractivity contribution in [2.24, 2.45) is 5.10 Å². The minimum Gasteiger partial charge on any atom is -0.317 e. The van der Waals surface area contributed by atoms with Crippen molar-refractivity contribution in [2.75, 3.05) is 0 Å². The van der Waals surface area contributed by atoms with Crippen LogP contribution in [0.4, 0.5) is 0 Å². The van der Waals surface area contributed by atoms with Crippen molar-refractivity contribution < 1.29 is 4.79 Å². The smallest absolute Gasteiger partial charge is 0.274 e. The summed E-state index contributed by atoms with van der Waals surface area (Å²) in [7, 11) is 0. The maximum Gasteiger partial charge on any atom is 0.274 e. The number of hydrogen-bond acceptors (Lipinski definition) is 3. The molecule has 0 aliphatic heterocycles. The number of amides is 1. The molecule has 0 saturated heterocycles. The van der Waals surface area contributed by atoms with E-state index in [1.54, 1.807) is 18.3 Å². The number of benzene rings is 1. The van der Waals surface area contributed by atoms with Gasteiger partial charge in [0.1, 0.15) is 5.15 Å². The van der Waals surface area contributed by atoms with E-state index in [0.717, 1.165) is 27.1 Å². The molecule has 0 unspecified atom stereocenters. The molecule has 3 rings (SSSR count). The molecule has 0 atom stereocenters. The molecule has 1 N–H and O–H groups in total. The summed E-state index contributed by atoms with van der Waals surface area (Å²) in [5.41, 5.74) is 6.81. The van der Waals surface area contributed by atoms with E-state index in [2.05, 4.69) is 36.0 Å². The molecule has 0 aliphatic rings. The molecule has 3 aromatic rings. The van der Waals surface area contributed by atoms with Crippen LogP contribution < -0.4 is 5.43 Å². The molecule has 1 aromatic carbocycles. The van der Waals surface area contributed by atoms with Crippen LogP contribution in [0.5, 0.6) is 0 Å². The second-order valence-corrected chi connectivity index (χ2v) is 6.87. The van der Waals surface area contributed by atoms with Crippen molar-refractivity contribution in [3.63, 3.8) is 0 Å². The lowest BCUT2D eigenvalue weighted by Gasteiger charge is -2.11. The number of aryl methyl sites for hydroxylation is 1. The highest BCUT2D eigenvalue weighted by Gasteiger charge is 2.12. The van der Waals surface area contributed by atoms with Gasteiger partial charge in [-0.25, -0.2) is 10.4 Å². The fraction of sp³-hybridized carbons (Fsp3) is 0.105. The number of nitrogens with one attached hydrogen (secondary N) is 1. The summed E-state index contributed by atoms with van der Waals surface area (Å²) >= 11 is 9.50. The third-order valence-corrected chi connectivity index (χ3v) is 4.91. The molecule has 0 fully saturated rings. The lowest BCUT2D eigenvalue weighted by atomic mass is 10.2. The number of nitrogens with zero attached hydrogens (tertiary/aromatic N) is 3. The summed E-state index contributed by atoms with van der Waals surface area (Å²) in [6.45, 7) is 4.03. The minimum atomic E-state index is -0.404. The third-order valence-electron chi connectivity index (χ3n) is 3.94. The first kappa shape index (κ1) is 18.4. The van der Waals surface area contributed by atoms with Gasteiger partial charge in [-0.15, -0.1) is 0 Å². The van der Waals surface area contributed by atoms with Crippen LogP contribution in [0, 0.1) is 13.8 Å². The molecule has 0 aliphatic carbocycles. The van der Waals surface area contributed by atoms with Crippen LogP contribution >= 0.6 is 27.5 Å². The topological polar surface area (TPSA) is 59.3 Å². The van der Waals surface area contributed by atoms with Gasteiger partial charge in [-0.05, 0) is 60.1 Å². The molecule has 2 heterocycles. The summed E-state index contributed by atoms with van der Waals surface area (Å²) in [6.07, 6.45) is 3.15. The maximum absolute atomic E-state index is 12.1. The number of aromatic nitrogens is 2. The van der Waals surface area contributed by atoms with Crippen LogP contribution in [-0.4, -0.2) is 21.7 Å². The molecular weight excluding hydrogens is 416 g/mol. The normalized spacial score (nSPS) is 11.1. The molecular formula is C19H16BrClN4O. The second-order valence-electron chi connectivity index (χ2n) is 5.65. The average molecular weight is 432 g/mol. The largest absolute Gasteiger partial charge is 0.317 e. The zero-order valence-electron chi connectivity index (χ0n) is 14.2. The lowest BCUT2D eigenvalue weighted by molar-refractivity contribution is 0.0955. The molecule has 0 saturated carbocycles. The van der Waals surface area contributed by atoms with Crippen LogP contribution in [0.15, 0.2) is 58.2 Å². The van der Waals surface area contributed by atoms with E-state index in [0.29, 0.717) is 0 Å². The molecule has 0 spiro atoms. The average Bonchev–Trinajstić information content (AvgIpc) is 2.90. The van der Waals surface area contributed by atoms with E-state index in [1.807, 2.05) is 44.2 Å². The van der Waals surface area contributed by atoms with Crippen molar-refractivity contribution >= 4 is 39.7 Å². The molecule has 0 radical (unpaired) electrons. The number of carbonyl (C=O) groups excluding carboxylic acids is 1. The van der Waals surface area contributed by atoms with Crippen LogP contribution in [-0.2, 0) is 0 Å². The first-order valence-electron chi connectivity index (χ1n) is 7.87. The number of hydrogen-bond donors (Lipinski definition) is 1. The van der Waals surface area contributed by atoms with Crippen LogP contribution in [0.25, 0.3) is 5.69 Å². The van der Waals surface area contributed by atoms with E-state index in [-0.39, 0.29) is 10.7 Å². The number of halogens is 2. The summed E-state index contributed by atoms with van der Waals surface area (Å²) in [5, 5.41) is 4.20. The molecule has 132 valence electrons. The predicted molar refractivity (Wildman–Crippen MR) is 107 cm³/mol.